The Labute approximate surface area is 162 Å². The number of nitrogens with zero attached hydrogens (tertiary/aromatic N) is 1. The molecule has 6 nitrogen and oxygen atoms in total. The highest BCUT2D eigenvalue weighted by Gasteiger charge is 2.26. The summed E-state index contributed by atoms with van der Waals surface area (Å²) in [6.07, 6.45) is 4.90. The lowest BCUT2D eigenvalue weighted by molar-refractivity contribution is -0.128. The lowest BCUT2D eigenvalue weighted by atomic mass is 9.92. The highest BCUT2D eigenvalue weighted by Crippen LogP contribution is 2.23. The average Bonchev–Trinajstić information content (AvgIpc) is 2.76. The predicted octanol–water partition coefficient (Wildman–Crippen LogP) is 1.60. The van der Waals surface area contributed by atoms with Gasteiger partial charge in [-0.15, -0.1) is 12.4 Å². The smallest absolute Gasteiger partial charge is 0.240 e. The molecule has 3 N–H and O–H groups in total. The highest BCUT2D eigenvalue weighted by atomic mass is 35.5. The number of amides is 1. The molecule has 0 saturated heterocycles. The molecular weight excluding hydrogens is 374 g/mol. The van der Waals surface area contributed by atoms with Gasteiger partial charge in [0.2, 0.25) is 15.9 Å². The molecule has 1 amide bonds. The van der Waals surface area contributed by atoms with Gasteiger partial charge in [-0.1, -0.05) is 12.5 Å². The quantitative estimate of drug-likeness (QED) is 0.804. The molecule has 2 atom stereocenters. The number of rotatable bonds is 3. The minimum absolute atomic E-state index is 0. The molecular formula is C18H28ClN3O3S. The van der Waals surface area contributed by atoms with E-state index in [1.54, 1.807) is 19.1 Å². The molecule has 1 heterocycles. The normalized spacial score (nSPS) is 23.5. The molecule has 1 saturated carbocycles. The van der Waals surface area contributed by atoms with Crippen molar-refractivity contribution in [2.45, 2.75) is 62.4 Å². The van der Waals surface area contributed by atoms with E-state index in [1.807, 2.05) is 11.0 Å². The number of benzene rings is 1. The maximum atomic E-state index is 12.7. The topological polar surface area (TPSA) is 92.5 Å². The number of carbonyl (C=O) groups is 1. The maximum absolute atomic E-state index is 12.7. The maximum Gasteiger partial charge on any atom is 0.240 e. The third-order valence-corrected chi connectivity index (χ3v) is 6.79. The second kappa shape index (κ2) is 8.69. The van der Waals surface area contributed by atoms with E-state index < -0.39 is 10.0 Å². The number of hydrogen-bond donors (Lipinski definition) is 2. The Morgan fingerprint density at radius 1 is 1.19 bits per heavy atom. The van der Waals surface area contributed by atoms with Crippen molar-refractivity contribution in [3.8, 4) is 0 Å². The molecule has 8 heteroatoms. The molecule has 3 rings (SSSR count). The van der Waals surface area contributed by atoms with Crippen molar-refractivity contribution in [3.05, 3.63) is 29.3 Å². The highest BCUT2D eigenvalue weighted by molar-refractivity contribution is 7.89. The summed E-state index contributed by atoms with van der Waals surface area (Å²) < 4.78 is 28.3. The average molecular weight is 402 g/mol. The standard InChI is InChI=1S/C18H27N3O3S.ClH/c1-13(22)21-9-7-14-5-6-18(11-15(14)8-10-21)25(23,24)20-17-4-2-3-16(19)12-17;/h5-6,11,16-17,20H,2-4,7-10,12,19H2,1H3;1H. The minimum atomic E-state index is -3.54. The number of nitrogens with two attached hydrogens (primary N) is 1. The largest absolute Gasteiger partial charge is 0.342 e. The zero-order chi connectivity index (χ0) is 18.0. The number of hydrogen-bond acceptors (Lipinski definition) is 4. The molecule has 1 fully saturated rings. The van der Waals surface area contributed by atoms with Crippen molar-refractivity contribution in [1.29, 1.82) is 0 Å². The summed E-state index contributed by atoms with van der Waals surface area (Å²) in [6, 6.07) is 5.32. The second-order valence-electron chi connectivity index (χ2n) is 7.18. The van der Waals surface area contributed by atoms with Crippen molar-refractivity contribution in [2.24, 2.45) is 5.73 Å². The Bertz CT molecular complexity index is 754. The Balaban J connectivity index is 0.00000243. The summed E-state index contributed by atoms with van der Waals surface area (Å²) in [4.78, 5) is 13.7. The molecule has 26 heavy (non-hydrogen) atoms. The van der Waals surface area contributed by atoms with Crippen LogP contribution in [-0.2, 0) is 27.7 Å². The summed E-state index contributed by atoms with van der Waals surface area (Å²) in [5, 5.41) is 0. The first-order chi connectivity index (χ1) is 11.8. The van der Waals surface area contributed by atoms with Gasteiger partial charge in [0.05, 0.1) is 4.90 Å². The van der Waals surface area contributed by atoms with Crippen molar-refractivity contribution in [2.75, 3.05) is 13.1 Å². The van der Waals surface area contributed by atoms with Crippen LogP contribution in [0.3, 0.4) is 0 Å². The van der Waals surface area contributed by atoms with E-state index in [-0.39, 0.29) is 30.4 Å². The lowest BCUT2D eigenvalue weighted by Crippen LogP contribution is -2.42. The molecule has 1 aliphatic carbocycles. The molecule has 2 aliphatic rings. The van der Waals surface area contributed by atoms with Crippen molar-refractivity contribution < 1.29 is 13.2 Å². The fourth-order valence-electron chi connectivity index (χ4n) is 3.81. The zero-order valence-electron chi connectivity index (χ0n) is 15.1. The predicted molar refractivity (Wildman–Crippen MR) is 104 cm³/mol. The number of fused-ring (bicyclic) bond motifs is 1. The molecule has 0 radical (unpaired) electrons. The lowest BCUT2D eigenvalue weighted by Gasteiger charge is -2.27. The molecule has 2 unspecified atom stereocenters. The second-order valence-corrected chi connectivity index (χ2v) is 8.90. The van der Waals surface area contributed by atoms with Crippen LogP contribution in [0.1, 0.15) is 43.7 Å². The molecule has 0 bridgehead atoms. The SMILES string of the molecule is CC(=O)N1CCc2ccc(S(=O)(=O)NC3CCCC(N)C3)cc2CC1.Cl. The van der Waals surface area contributed by atoms with E-state index >= 15 is 0 Å². The van der Waals surface area contributed by atoms with E-state index in [0.29, 0.717) is 30.8 Å². The Kier molecular flexibility index (Phi) is 7.07. The van der Waals surface area contributed by atoms with E-state index in [2.05, 4.69) is 4.72 Å². The zero-order valence-corrected chi connectivity index (χ0v) is 16.7. The fraction of sp³-hybridized carbons (Fsp3) is 0.611. The summed E-state index contributed by atoms with van der Waals surface area (Å²) in [7, 11) is -3.54. The summed E-state index contributed by atoms with van der Waals surface area (Å²) in [5.41, 5.74) is 8.11. The third kappa shape index (κ3) is 4.97. The number of halogens is 1. The summed E-state index contributed by atoms with van der Waals surface area (Å²) >= 11 is 0. The van der Waals surface area contributed by atoms with Crippen LogP contribution in [0.2, 0.25) is 0 Å². The summed E-state index contributed by atoms with van der Waals surface area (Å²) in [6.45, 7) is 2.90. The van der Waals surface area contributed by atoms with Gasteiger partial charge in [0.25, 0.3) is 0 Å². The number of carbonyl (C=O) groups excluding carboxylic acids is 1. The van der Waals surface area contributed by atoms with Gasteiger partial charge in [0.1, 0.15) is 0 Å². The van der Waals surface area contributed by atoms with Crippen LogP contribution in [0, 0.1) is 0 Å². The third-order valence-electron chi connectivity index (χ3n) is 5.27. The minimum Gasteiger partial charge on any atom is -0.342 e. The summed E-state index contributed by atoms with van der Waals surface area (Å²) in [5.74, 6) is 0.0657. The van der Waals surface area contributed by atoms with E-state index in [4.69, 9.17) is 5.73 Å². The first-order valence-electron chi connectivity index (χ1n) is 9.00. The van der Waals surface area contributed by atoms with Gasteiger partial charge in [-0.25, -0.2) is 13.1 Å². The number of sulfonamides is 1. The van der Waals surface area contributed by atoms with Crippen molar-refractivity contribution in [1.82, 2.24) is 9.62 Å². The van der Waals surface area contributed by atoms with Crippen molar-refractivity contribution >= 4 is 28.3 Å². The van der Waals surface area contributed by atoms with Crippen LogP contribution in [0.5, 0.6) is 0 Å². The van der Waals surface area contributed by atoms with Gasteiger partial charge in [0, 0.05) is 32.1 Å². The Hall–Kier alpha value is -1.15. The molecule has 146 valence electrons. The van der Waals surface area contributed by atoms with Crippen LogP contribution >= 0.6 is 12.4 Å². The first-order valence-corrected chi connectivity index (χ1v) is 10.5. The Morgan fingerprint density at radius 3 is 2.54 bits per heavy atom. The van der Waals surface area contributed by atoms with Crippen LogP contribution in [0.15, 0.2) is 23.1 Å². The van der Waals surface area contributed by atoms with Gasteiger partial charge in [-0.05, 0) is 55.4 Å². The van der Waals surface area contributed by atoms with Gasteiger partial charge in [-0.2, -0.15) is 0 Å². The van der Waals surface area contributed by atoms with Crippen LogP contribution in [0.25, 0.3) is 0 Å². The van der Waals surface area contributed by atoms with Crippen molar-refractivity contribution in [3.63, 3.8) is 0 Å². The van der Waals surface area contributed by atoms with Gasteiger partial charge in [0.15, 0.2) is 0 Å². The monoisotopic (exact) mass is 401 g/mol. The van der Waals surface area contributed by atoms with Crippen LogP contribution in [0.4, 0.5) is 0 Å². The molecule has 1 aromatic carbocycles. The van der Waals surface area contributed by atoms with Gasteiger partial charge < -0.3 is 10.6 Å². The first kappa shape index (κ1) is 21.2. The Morgan fingerprint density at radius 2 is 1.88 bits per heavy atom. The van der Waals surface area contributed by atoms with E-state index in [1.165, 1.54) is 0 Å². The van der Waals surface area contributed by atoms with E-state index in [0.717, 1.165) is 36.8 Å². The molecule has 0 spiro atoms. The van der Waals surface area contributed by atoms with Gasteiger partial charge >= 0.3 is 0 Å². The number of nitrogens with one attached hydrogen (secondary N) is 1. The van der Waals surface area contributed by atoms with E-state index in [9.17, 15) is 13.2 Å². The van der Waals surface area contributed by atoms with Crippen LogP contribution < -0.4 is 10.5 Å². The molecule has 1 aromatic rings. The molecule has 1 aliphatic heterocycles. The van der Waals surface area contributed by atoms with Gasteiger partial charge in [-0.3, -0.25) is 4.79 Å². The fourth-order valence-corrected chi connectivity index (χ4v) is 5.14. The van der Waals surface area contributed by atoms with Crippen LogP contribution in [-0.4, -0.2) is 44.4 Å². The molecule has 0 aromatic heterocycles.